The van der Waals surface area contributed by atoms with E-state index in [1.54, 1.807) is 0 Å². The number of fused-ring (bicyclic) bond motifs is 1. The molecule has 3 rings (SSSR count). The molecular formula is C13H16ClNO. The molecule has 3 heteroatoms. The Labute approximate surface area is 101 Å². The summed E-state index contributed by atoms with van der Waals surface area (Å²) in [6.07, 6.45) is 3.70. The minimum Gasteiger partial charge on any atom is -0.493 e. The zero-order chi connectivity index (χ0) is 11.0. The van der Waals surface area contributed by atoms with Crippen LogP contribution < -0.4 is 10.1 Å². The van der Waals surface area contributed by atoms with Crippen LogP contribution >= 0.6 is 11.6 Å². The summed E-state index contributed by atoms with van der Waals surface area (Å²) in [5.41, 5.74) is 1.33. The first kappa shape index (κ1) is 10.4. The largest absolute Gasteiger partial charge is 0.493 e. The van der Waals surface area contributed by atoms with Gasteiger partial charge in [-0.05, 0) is 43.5 Å². The Kier molecular flexibility index (Phi) is 2.78. The molecule has 86 valence electrons. The molecular weight excluding hydrogens is 222 g/mol. The van der Waals surface area contributed by atoms with Gasteiger partial charge in [0.1, 0.15) is 5.75 Å². The lowest BCUT2D eigenvalue weighted by Gasteiger charge is -2.30. The van der Waals surface area contributed by atoms with Crippen molar-refractivity contribution >= 4 is 11.6 Å². The van der Waals surface area contributed by atoms with Crippen LogP contribution in [0.15, 0.2) is 18.2 Å². The maximum Gasteiger partial charge on any atom is 0.124 e. The van der Waals surface area contributed by atoms with Gasteiger partial charge in [0.25, 0.3) is 0 Å². The SMILES string of the molecule is Clc1ccc2c(c1)OCCC2C1CCCN1. The highest BCUT2D eigenvalue weighted by atomic mass is 35.5. The molecule has 1 saturated heterocycles. The molecule has 1 fully saturated rings. The van der Waals surface area contributed by atoms with Crippen molar-refractivity contribution in [3.63, 3.8) is 0 Å². The molecule has 2 unspecified atom stereocenters. The molecule has 0 bridgehead atoms. The summed E-state index contributed by atoms with van der Waals surface area (Å²) >= 11 is 5.99. The minimum absolute atomic E-state index is 0.600. The second-order valence-corrected chi connectivity index (χ2v) is 5.07. The lowest BCUT2D eigenvalue weighted by Crippen LogP contribution is -2.32. The van der Waals surface area contributed by atoms with Crippen LogP contribution in [0.2, 0.25) is 5.02 Å². The van der Waals surface area contributed by atoms with Gasteiger partial charge in [-0.25, -0.2) is 0 Å². The maximum absolute atomic E-state index is 5.99. The van der Waals surface area contributed by atoms with Crippen molar-refractivity contribution in [3.8, 4) is 5.75 Å². The lowest BCUT2D eigenvalue weighted by atomic mass is 9.86. The van der Waals surface area contributed by atoms with Gasteiger partial charge in [-0.3, -0.25) is 0 Å². The monoisotopic (exact) mass is 237 g/mol. The third-order valence-electron chi connectivity index (χ3n) is 3.65. The lowest BCUT2D eigenvalue weighted by molar-refractivity contribution is 0.250. The average Bonchev–Trinajstić information content (AvgIpc) is 2.81. The highest BCUT2D eigenvalue weighted by Crippen LogP contribution is 2.39. The van der Waals surface area contributed by atoms with Crippen molar-refractivity contribution in [1.29, 1.82) is 0 Å². The normalized spacial score (nSPS) is 28.6. The number of hydrogen-bond donors (Lipinski definition) is 1. The second-order valence-electron chi connectivity index (χ2n) is 4.63. The van der Waals surface area contributed by atoms with Crippen molar-refractivity contribution in [2.75, 3.05) is 13.2 Å². The Morgan fingerprint density at radius 1 is 1.31 bits per heavy atom. The minimum atomic E-state index is 0.600. The molecule has 1 aromatic carbocycles. The molecule has 2 aliphatic rings. The van der Waals surface area contributed by atoms with E-state index < -0.39 is 0 Å². The molecule has 0 saturated carbocycles. The molecule has 2 heterocycles. The van der Waals surface area contributed by atoms with Crippen molar-refractivity contribution in [3.05, 3.63) is 28.8 Å². The Balaban J connectivity index is 1.93. The molecule has 1 N–H and O–H groups in total. The van der Waals surface area contributed by atoms with E-state index >= 15 is 0 Å². The number of nitrogens with one attached hydrogen (secondary N) is 1. The maximum atomic E-state index is 5.99. The summed E-state index contributed by atoms with van der Waals surface area (Å²) < 4.78 is 5.68. The molecule has 0 radical (unpaired) electrons. The Bertz CT molecular complexity index is 388. The van der Waals surface area contributed by atoms with Crippen molar-refractivity contribution in [1.82, 2.24) is 5.32 Å². The molecule has 0 spiro atoms. The van der Waals surface area contributed by atoms with E-state index in [1.165, 1.54) is 18.4 Å². The van der Waals surface area contributed by atoms with Crippen molar-refractivity contribution in [2.24, 2.45) is 0 Å². The molecule has 1 aromatic rings. The molecule has 0 aromatic heterocycles. The fraction of sp³-hybridized carbons (Fsp3) is 0.538. The third-order valence-corrected chi connectivity index (χ3v) is 3.88. The summed E-state index contributed by atoms with van der Waals surface area (Å²) in [4.78, 5) is 0. The highest BCUT2D eigenvalue weighted by molar-refractivity contribution is 6.30. The van der Waals surface area contributed by atoms with Gasteiger partial charge in [-0.15, -0.1) is 0 Å². The van der Waals surface area contributed by atoms with Gasteiger partial charge in [-0.2, -0.15) is 0 Å². The van der Waals surface area contributed by atoms with Gasteiger partial charge < -0.3 is 10.1 Å². The van der Waals surface area contributed by atoms with Crippen LogP contribution in [0.1, 0.15) is 30.7 Å². The predicted octanol–water partition coefficient (Wildman–Crippen LogP) is 2.96. The topological polar surface area (TPSA) is 21.3 Å². The van der Waals surface area contributed by atoms with Crippen LogP contribution in [0.5, 0.6) is 5.75 Å². The Morgan fingerprint density at radius 2 is 2.25 bits per heavy atom. The summed E-state index contributed by atoms with van der Waals surface area (Å²) in [5.74, 6) is 1.58. The number of rotatable bonds is 1. The Hall–Kier alpha value is -0.730. The van der Waals surface area contributed by atoms with Crippen LogP contribution in [0.3, 0.4) is 0 Å². The van der Waals surface area contributed by atoms with Crippen LogP contribution in [-0.2, 0) is 0 Å². The molecule has 0 amide bonds. The second kappa shape index (κ2) is 4.27. The molecule has 0 aliphatic carbocycles. The highest BCUT2D eigenvalue weighted by Gasteiger charge is 2.30. The fourth-order valence-corrected chi connectivity index (χ4v) is 3.03. The first-order valence-corrected chi connectivity index (χ1v) is 6.38. The van der Waals surface area contributed by atoms with Gasteiger partial charge in [0.15, 0.2) is 0 Å². The predicted molar refractivity (Wildman–Crippen MR) is 65.3 cm³/mol. The quantitative estimate of drug-likeness (QED) is 0.811. The molecule has 2 atom stereocenters. The van der Waals surface area contributed by atoms with Gasteiger partial charge in [0, 0.05) is 17.0 Å². The van der Waals surface area contributed by atoms with E-state index in [0.29, 0.717) is 12.0 Å². The Morgan fingerprint density at radius 3 is 3.06 bits per heavy atom. The summed E-state index contributed by atoms with van der Waals surface area (Å²) in [7, 11) is 0. The zero-order valence-corrected chi connectivity index (χ0v) is 9.96. The third kappa shape index (κ3) is 1.80. The fourth-order valence-electron chi connectivity index (χ4n) is 2.86. The summed E-state index contributed by atoms with van der Waals surface area (Å²) in [6.45, 7) is 1.97. The standard InChI is InChI=1S/C13H16ClNO/c14-9-3-4-11-10(12-2-1-6-15-12)5-7-16-13(11)8-9/h3-4,8,10,12,15H,1-2,5-7H2. The number of hydrogen-bond acceptors (Lipinski definition) is 2. The molecule has 2 aliphatic heterocycles. The summed E-state index contributed by atoms with van der Waals surface area (Å²) in [5, 5.41) is 4.36. The van der Waals surface area contributed by atoms with Crippen molar-refractivity contribution < 1.29 is 4.74 Å². The molecule has 16 heavy (non-hydrogen) atoms. The van der Waals surface area contributed by atoms with Crippen LogP contribution in [0.25, 0.3) is 0 Å². The van der Waals surface area contributed by atoms with E-state index in [1.807, 2.05) is 12.1 Å². The number of ether oxygens (including phenoxy) is 1. The van der Waals surface area contributed by atoms with Gasteiger partial charge in [0.05, 0.1) is 6.61 Å². The van der Waals surface area contributed by atoms with E-state index in [-0.39, 0.29) is 0 Å². The van der Waals surface area contributed by atoms with E-state index in [2.05, 4.69) is 11.4 Å². The number of halogens is 1. The smallest absolute Gasteiger partial charge is 0.124 e. The average molecular weight is 238 g/mol. The van der Waals surface area contributed by atoms with Gasteiger partial charge >= 0.3 is 0 Å². The van der Waals surface area contributed by atoms with Crippen LogP contribution in [0, 0.1) is 0 Å². The van der Waals surface area contributed by atoms with Crippen molar-refractivity contribution in [2.45, 2.75) is 31.2 Å². The number of benzene rings is 1. The van der Waals surface area contributed by atoms with Gasteiger partial charge in [-0.1, -0.05) is 17.7 Å². The van der Waals surface area contributed by atoms with E-state index in [9.17, 15) is 0 Å². The zero-order valence-electron chi connectivity index (χ0n) is 9.21. The van der Waals surface area contributed by atoms with E-state index in [0.717, 1.165) is 30.3 Å². The van der Waals surface area contributed by atoms with E-state index in [4.69, 9.17) is 16.3 Å². The van der Waals surface area contributed by atoms with Crippen LogP contribution in [-0.4, -0.2) is 19.2 Å². The van der Waals surface area contributed by atoms with Crippen LogP contribution in [0.4, 0.5) is 0 Å². The molecule has 2 nitrogen and oxygen atoms in total. The first-order chi connectivity index (χ1) is 7.84. The summed E-state index contributed by atoms with van der Waals surface area (Å²) in [6, 6.07) is 6.67. The van der Waals surface area contributed by atoms with Gasteiger partial charge in [0.2, 0.25) is 0 Å². The first-order valence-electron chi connectivity index (χ1n) is 6.00.